The van der Waals surface area contributed by atoms with Gasteiger partial charge < -0.3 is 4.74 Å². The van der Waals surface area contributed by atoms with Crippen LogP contribution >= 0.6 is 0 Å². The molecule has 0 fully saturated rings. The molecule has 0 unspecified atom stereocenters. The molecule has 0 radical (unpaired) electrons. The maximum Gasteiger partial charge on any atom is 0.181 e. The summed E-state index contributed by atoms with van der Waals surface area (Å²) in [5, 5.41) is 8.94. The fraction of sp³-hybridized carbons (Fsp3) is 0.188. The number of ether oxygens (including phenoxy) is 1. The van der Waals surface area contributed by atoms with E-state index in [4.69, 9.17) is 10.00 Å². The molecular weight excluding hydrogens is 286 g/mol. The van der Waals surface area contributed by atoms with Gasteiger partial charge >= 0.3 is 0 Å². The van der Waals surface area contributed by atoms with Crippen molar-refractivity contribution in [2.24, 2.45) is 0 Å². The molecule has 0 aromatic heterocycles. The van der Waals surface area contributed by atoms with E-state index >= 15 is 0 Å². The van der Waals surface area contributed by atoms with Crippen molar-refractivity contribution in [3.05, 3.63) is 59.7 Å². The van der Waals surface area contributed by atoms with Crippen LogP contribution in [0.5, 0.6) is 5.75 Å². The summed E-state index contributed by atoms with van der Waals surface area (Å²) in [6.07, 6.45) is 0. The number of hydrogen-bond acceptors (Lipinski definition) is 4. The Morgan fingerprint density at radius 1 is 1.14 bits per heavy atom. The van der Waals surface area contributed by atoms with E-state index in [2.05, 4.69) is 0 Å². The van der Waals surface area contributed by atoms with Gasteiger partial charge in [0.05, 0.1) is 16.2 Å². The van der Waals surface area contributed by atoms with Gasteiger partial charge in [0, 0.05) is 0 Å². The minimum atomic E-state index is -3.38. The summed E-state index contributed by atoms with van der Waals surface area (Å²) >= 11 is 0. The monoisotopic (exact) mass is 301 g/mol. The molecule has 2 aromatic carbocycles. The molecule has 0 saturated heterocycles. The molecule has 21 heavy (non-hydrogen) atoms. The van der Waals surface area contributed by atoms with Crippen molar-refractivity contribution in [3.8, 4) is 11.8 Å². The van der Waals surface area contributed by atoms with Gasteiger partial charge in [-0.3, -0.25) is 0 Å². The third-order valence-electron chi connectivity index (χ3n) is 2.97. The Labute approximate surface area is 124 Å². The molecule has 0 aliphatic rings. The minimum absolute atomic E-state index is 0.00890. The van der Waals surface area contributed by atoms with Crippen LogP contribution < -0.4 is 4.74 Å². The third kappa shape index (κ3) is 3.83. The Morgan fingerprint density at radius 2 is 1.90 bits per heavy atom. The molecule has 0 amide bonds. The van der Waals surface area contributed by atoms with Gasteiger partial charge in [0.15, 0.2) is 9.84 Å². The zero-order valence-electron chi connectivity index (χ0n) is 11.6. The average Bonchev–Trinajstić information content (AvgIpc) is 2.47. The predicted molar refractivity (Wildman–Crippen MR) is 79.9 cm³/mol. The first-order valence-electron chi connectivity index (χ1n) is 6.44. The van der Waals surface area contributed by atoms with Crippen LogP contribution in [0.15, 0.2) is 53.4 Å². The minimum Gasteiger partial charge on any atom is -0.491 e. The fourth-order valence-corrected chi connectivity index (χ4v) is 3.06. The lowest BCUT2D eigenvalue weighted by atomic mass is 10.2. The standard InChI is InChI=1S/C16H15NO3S/c1-13-5-4-7-15(11-13)21(18,19)10-9-20-16-8-3-2-6-14(16)12-17/h2-8,11H,9-10H2,1H3. The fourth-order valence-electron chi connectivity index (χ4n) is 1.87. The van der Waals surface area contributed by atoms with Crippen molar-refractivity contribution in [2.45, 2.75) is 11.8 Å². The number of nitrogens with zero attached hydrogens (tertiary/aromatic N) is 1. The summed E-state index contributed by atoms with van der Waals surface area (Å²) in [4.78, 5) is 0.291. The van der Waals surface area contributed by atoms with E-state index in [0.717, 1.165) is 5.56 Å². The lowest BCUT2D eigenvalue weighted by Crippen LogP contribution is -2.14. The van der Waals surface area contributed by atoms with Gasteiger partial charge in [0.2, 0.25) is 0 Å². The molecule has 5 heteroatoms. The average molecular weight is 301 g/mol. The Kier molecular flexibility index (Phi) is 4.61. The molecule has 0 heterocycles. The molecule has 0 aliphatic carbocycles. The summed E-state index contributed by atoms with van der Waals surface area (Å²) in [7, 11) is -3.38. The SMILES string of the molecule is Cc1cccc(S(=O)(=O)CCOc2ccccc2C#N)c1. The Morgan fingerprint density at radius 3 is 2.62 bits per heavy atom. The topological polar surface area (TPSA) is 67.2 Å². The molecule has 0 N–H and O–H groups in total. The highest BCUT2D eigenvalue weighted by atomic mass is 32.2. The quantitative estimate of drug-likeness (QED) is 0.851. The smallest absolute Gasteiger partial charge is 0.181 e. The third-order valence-corrected chi connectivity index (χ3v) is 4.64. The number of rotatable bonds is 5. The van der Waals surface area contributed by atoms with Crippen molar-refractivity contribution in [3.63, 3.8) is 0 Å². The molecule has 0 atom stereocenters. The zero-order chi connectivity index (χ0) is 15.3. The first-order valence-corrected chi connectivity index (χ1v) is 8.09. The second-order valence-electron chi connectivity index (χ2n) is 4.59. The van der Waals surface area contributed by atoms with Crippen LogP contribution in [0.2, 0.25) is 0 Å². The van der Waals surface area contributed by atoms with Crippen LogP contribution in [0.3, 0.4) is 0 Å². The molecule has 0 saturated carbocycles. The summed E-state index contributed by atoms with van der Waals surface area (Å²) < 4.78 is 29.8. The molecule has 0 spiro atoms. The lowest BCUT2D eigenvalue weighted by Gasteiger charge is -2.08. The number of sulfone groups is 1. The van der Waals surface area contributed by atoms with Crippen molar-refractivity contribution >= 4 is 9.84 Å². The summed E-state index contributed by atoms with van der Waals surface area (Å²) in [5.41, 5.74) is 1.29. The van der Waals surface area contributed by atoms with Crippen molar-refractivity contribution < 1.29 is 13.2 Å². The van der Waals surface area contributed by atoms with Crippen molar-refractivity contribution in [1.82, 2.24) is 0 Å². The first kappa shape index (κ1) is 15.1. The normalized spacial score (nSPS) is 10.9. The van der Waals surface area contributed by atoms with Crippen LogP contribution in [-0.2, 0) is 9.84 Å². The maximum atomic E-state index is 12.2. The van der Waals surface area contributed by atoms with E-state index in [-0.39, 0.29) is 12.4 Å². The van der Waals surface area contributed by atoms with E-state index in [1.165, 1.54) is 0 Å². The predicted octanol–water partition coefficient (Wildman–Crippen LogP) is 2.72. The number of benzene rings is 2. The Balaban J connectivity index is 2.05. The summed E-state index contributed by atoms with van der Waals surface area (Å²) in [6.45, 7) is 1.85. The van der Waals surface area contributed by atoms with Crippen LogP contribution in [0.25, 0.3) is 0 Å². The van der Waals surface area contributed by atoms with Gasteiger partial charge in [-0.25, -0.2) is 8.42 Å². The van der Waals surface area contributed by atoms with Crippen molar-refractivity contribution in [2.75, 3.05) is 12.4 Å². The molecule has 2 aromatic rings. The van der Waals surface area contributed by atoms with E-state index in [0.29, 0.717) is 16.2 Å². The van der Waals surface area contributed by atoms with E-state index in [1.807, 2.05) is 19.1 Å². The van der Waals surface area contributed by atoms with E-state index in [9.17, 15) is 8.42 Å². The highest BCUT2D eigenvalue weighted by Crippen LogP contribution is 2.17. The molecule has 4 nitrogen and oxygen atoms in total. The number of para-hydroxylation sites is 1. The van der Waals surface area contributed by atoms with E-state index < -0.39 is 9.84 Å². The van der Waals surface area contributed by atoms with Gasteiger partial charge in [-0.05, 0) is 36.8 Å². The molecule has 108 valence electrons. The second-order valence-corrected chi connectivity index (χ2v) is 6.70. The molecule has 0 aliphatic heterocycles. The largest absolute Gasteiger partial charge is 0.491 e. The van der Waals surface area contributed by atoms with Gasteiger partial charge in [-0.2, -0.15) is 5.26 Å². The van der Waals surface area contributed by atoms with Crippen LogP contribution in [-0.4, -0.2) is 20.8 Å². The molecule has 0 bridgehead atoms. The van der Waals surface area contributed by atoms with Crippen LogP contribution in [0.1, 0.15) is 11.1 Å². The Hall–Kier alpha value is -2.32. The van der Waals surface area contributed by atoms with Gasteiger partial charge in [0.25, 0.3) is 0 Å². The van der Waals surface area contributed by atoms with Gasteiger partial charge in [-0.1, -0.05) is 24.3 Å². The van der Waals surface area contributed by atoms with E-state index in [1.54, 1.807) is 42.5 Å². The summed E-state index contributed by atoms with van der Waals surface area (Å²) in [5.74, 6) is 0.274. The number of nitriles is 1. The van der Waals surface area contributed by atoms with Crippen LogP contribution in [0, 0.1) is 18.3 Å². The highest BCUT2D eigenvalue weighted by Gasteiger charge is 2.15. The first-order chi connectivity index (χ1) is 10.0. The molecule has 2 rings (SSSR count). The Bertz CT molecular complexity index is 776. The second kappa shape index (κ2) is 6.42. The lowest BCUT2D eigenvalue weighted by molar-refractivity contribution is 0.340. The number of aryl methyl sites for hydroxylation is 1. The molecular formula is C16H15NO3S. The van der Waals surface area contributed by atoms with Crippen molar-refractivity contribution in [1.29, 1.82) is 5.26 Å². The number of hydrogen-bond donors (Lipinski definition) is 0. The van der Waals surface area contributed by atoms with Crippen LogP contribution in [0.4, 0.5) is 0 Å². The summed E-state index contributed by atoms with van der Waals surface area (Å²) in [6, 6.07) is 15.5. The maximum absolute atomic E-state index is 12.2. The zero-order valence-corrected chi connectivity index (χ0v) is 12.4. The van der Waals surface area contributed by atoms with Gasteiger partial charge in [-0.15, -0.1) is 0 Å². The van der Waals surface area contributed by atoms with Gasteiger partial charge in [0.1, 0.15) is 18.4 Å². The highest BCUT2D eigenvalue weighted by molar-refractivity contribution is 7.91.